The Balaban J connectivity index is 1.45. The lowest BCUT2D eigenvalue weighted by molar-refractivity contribution is -0.117. The maximum absolute atomic E-state index is 12.4. The molecule has 132 valence electrons. The van der Waals surface area contributed by atoms with Crippen molar-refractivity contribution in [1.82, 2.24) is 15.3 Å². The Kier molecular flexibility index (Phi) is 4.46. The first-order valence-electron chi connectivity index (χ1n) is 8.77. The molecule has 0 aliphatic carbocycles. The molecule has 0 aliphatic rings. The zero-order chi connectivity index (χ0) is 18.6. The Morgan fingerprint density at radius 2 is 1.67 bits per heavy atom. The van der Waals surface area contributed by atoms with Crippen molar-refractivity contribution in [2.75, 3.05) is 6.54 Å². The molecule has 1 amide bonds. The topological polar surface area (TPSA) is 84.5 Å². The zero-order valence-corrected chi connectivity index (χ0v) is 14.6. The molecule has 5 nitrogen and oxygen atoms in total. The fourth-order valence-electron chi connectivity index (χ4n) is 3.26. The van der Waals surface area contributed by atoms with Crippen molar-refractivity contribution in [3.8, 4) is 6.07 Å². The number of hydrogen-bond donors (Lipinski definition) is 3. The van der Waals surface area contributed by atoms with E-state index in [2.05, 4.69) is 21.4 Å². The van der Waals surface area contributed by atoms with Crippen molar-refractivity contribution in [3.63, 3.8) is 0 Å². The van der Waals surface area contributed by atoms with Gasteiger partial charge in [0.2, 0.25) is 0 Å². The van der Waals surface area contributed by atoms with Crippen LogP contribution in [0.5, 0.6) is 0 Å². The highest BCUT2D eigenvalue weighted by Crippen LogP contribution is 2.20. The van der Waals surface area contributed by atoms with E-state index in [1.807, 2.05) is 54.7 Å². The summed E-state index contributed by atoms with van der Waals surface area (Å²) >= 11 is 0. The van der Waals surface area contributed by atoms with Crippen LogP contribution in [0.25, 0.3) is 27.9 Å². The molecule has 0 unspecified atom stereocenters. The molecule has 0 saturated carbocycles. The number of carbonyl (C=O) groups is 1. The van der Waals surface area contributed by atoms with Crippen LogP contribution in [0.4, 0.5) is 0 Å². The third kappa shape index (κ3) is 3.33. The lowest BCUT2D eigenvalue weighted by Crippen LogP contribution is -2.26. The third-order valence-electron chi connectivity index (χ3n) is 4.64. The molecule has 2 aromatic carbocycles. The highest BCUT2D eigenvalue weighted by atomic mass is 16.1. The van der Waals surface area contributed by atoms with Gasteiger partial charge in [-0.3, -0.25) is 4.79 Å². The second-order valence-electron chi connectivity index (χ2n) is 6.32. The molecule has 4 rings (SSSR count). The minimum atomic E-state index is -0.359. The Morgan fingerprint density at radius 1 is 1.00 bits per heavy atom. The highest BCUT2D eigenvalue weighted by Gasteiger charge is 2.11. The van der Waals surface area contributed by atoms with Crippen LogP contribution in [-0.2, 0) is 11.2 Å². The number of nitrogens with zero attached hydrogens (tertiary/aromatic N) is 1. The first-order chi connectivity index (χ1) is 13.3. The summed E-state index contributed by atoms with van der Waals surface area (Å²) in [4.78, 5) is 18.8. The smallest absolute Gasteiger partial charge is 0.261 e. The second-order valence-corrected chi connectivity index (χ2v) is 6.32. The maximum atomic E-state index is 12.4. The van der Waals surface area contributed by atoms with Crippen LogP contribution in [0, 0.1) is 11.3 Å². The van der Waals surface area contributed by atoms with Crippen molar-refractivity contribution in [3.05, 3.63) is 77.6 Å². The number of H-pyrrole nitrogens is 2. The van der Waals surface area contributed by atoms with Crippen molar-refractivity contribution >= 4 is 33.8 Å². The minimum Gasteiger partial charge on any atom is -0.361 e. The van der Waals surface area contributed by atoms with Crippen molar-refractivity contribution in [1.29, 1.82) is 5.26 Å². The van der Waals surface area contributed by atoms with Crippen molar-refractivity contribution < 1.29 is 4.79 Å². The Labute approximate surface area is 156 Å². The number of amides is 1. The number of carbonyl (C=O) groups excluding carboxylic acids is 1. The molecule has 3 N–H and O–H groups in total. The number of aromatic amines is 2. The molecule has 2 heterocycles. The van der Waals surface area contributed by atoms with E-state index in [9.17, 15) is 10.1 Å². The van der Waals surface area contributed by atoms with E-state index in [-0.39, 0.29) is 11.5 Å². The number of aromatic nitrogens is 2. The lowest BCUT2D eigenvalue weighted by atomic mass is 10.1. The number of nitrogens with one attached hydrogen (secondary N) is 3. The van der Waals surface area contributed by atoms with Gasteiger partial charge in [-0.05, 0) is 30.2 Å². The fraction of sp³-hybridized carbons (Fsp3) is 0.0909. The number of hydrogen-bond acceptors (Lipinski definition) is 2. The summed E-state index contributed by atoms with van der Waals surface area (Å²) < 4.78 is 0. The number of rotatable bonds is 5. The third-order valence-corrected chi connectivity index (χ3v) is 4.64. The first-order valence-corrected chi connectivity index (χ1v) is 8.77. The van der Waals surface area contributed by atoms with E-state index < -0.39 is 0 Å². The van der Waals surface area contributed by atoms with Gasteiger partial charge in [0, 0.05) is 46.3 Å². The highest BCUT2D eigenvalue weighted by molar-refractivity contribution is 6.03. The molecule has 5 heteroatoms. The van der Waals surface area contributed by atoms with Crippen molar-refractivity contribution in [2.24, 2.45) is 0 Å². The largest absolute Gasteiger partial charge is 0.361 e. The molecule has 4 aromatic rings. The van der Waals surface area contributed by atoms with Crippen LogP contribution in [0.15, 0.2) is 66.5 Å². The van der Waals surface area contributed by atoms with Crippen LogP contribution in [0.3, 0.4) is 0 Å². The monoisotopic (exact) mass is 354 g/mol. The maximum Gasteiger partial charge on any atom is 0.261 e. The van der Waals surface area contributed by atoms with Gasteiger partial charge in [-0.15, -0.1) is 0 Å². The number of para-hydroxylation sites is 2. The van der Waals surface area contributed by atoms with Crippen LogP contribution < -0.4 is 5.32 Å². The normalized spacial score (nSPS) is 11.6. The van der Waals surface area contributed by atoms with Gasteiger partial charge in [0.25, 0.3) is 5.91 Å². The summed E-state index contributed by atoms with van der Waals surface area (Å²) in [6.45, 7) is 0.466. The summed E-state index contributed by atoms with van der Waals surface area (Å²) in [7, 11) is 0. The predicted octanol–water partition coefficient (Wildman–Crippen LogP) is 3.92. The van der Waals surface area contributed by atoms with E-state index in [1.165, 1.54) is 0 Å². The zero-order valence-electron chi connectivity index (χ0n) is 14.6. The van der Waals surface area contributed by atoms with Gasteiger partial charge < -0.3 is 15.3 Å². The molecule has 0 aliphatic heterocycles. The van der Waals surface area contributed by atoms with Gasteiger partial charge >= 0.3 is 0 Å². The van der Waals surface area contributed by atoms with Gasteiger partial charge in [-0.25, -0.2) is 0 Å². The Bertz CT molecular complexity index is 1190. The number of benzene rings is 2. The molecule has 0 bridgehead atoms. The van der Waals surface area contributed by atoms with E-state index in [0.717, 1.165) is 32.9 Å². The van der Waals surface area contributed by atoms with E-state index in [0.29, 0.717) is 13.0 Å². The van der Waals surface area contributed by atoms with E-state index in [1.54, 1.807) is 12.3 Å². The Hall–Kier alpha value is -3.78. The van der Waals surface area contributed by atoms with Gasteiger partial charge in [-0.2, -0.15) is 5.26 Å². The van der Waals surface area contributed by atoms with Crippen LogP contribution in [-0.4, -0.2) is 22.4 Å². The summed E-state index contributed by atoms with van der Waals surface area (Å²) in [6.07, 6.45) is 6.09. The second kappa shape index (κ2) is 7.22. The molecule has 0 radical (unpaired) electrons. The average molecular weight is 354 g/mol. The molecular formula is C22H18N4O. The van der Waals surface area contributed by atoms with Crippen molar-refractivity contribution in [2.45, 2.75) is 6.42 Å². The molecule has 0 saturated heterocycles. The quantitative estimate of drug-likeness (QED) is 0.375. The van der Waals surface area contributed by atoms with Gasteiger partial charge in [0.1, 0.15) is 11.6 Å². The van der Waals surface area contributed by atoms with Gasteiger partial charge in [-0.1, -0.05) is 36.4 Å². The summed E-state index contributed by atoms with van der Waals surface area (Å²) in [5.41, 5.74) is 4.12. The predicted molar refractivity (Wildman–Crippen MR) is 107 cm³/mol. The summed E-state index contributed by atoms with van der Waals surface area (Å²) in [5.74, 6) is -0.359. The first kappa shape index (κ1) is 16.7. The molecule has 0 atom stereocenters. The molecule has 0 fully saturated rings. The SMILES string of the molecule is N#CC(=Cc1c[nH]c2ccccc12)C(=O)NCCc1c[nH]c2ccccc12. The van der Waals surface area contributed by atoms with Crippen LogP contribution >= 0.6 is 0 Å². The van der Waals surface area contributed by atoms with Gasteiger partial charge in [0.15, 0.2) is 0 Å². The lowest BCUT2D eigenvalue weighted by Gasteiger charge is -2.04. The fourth-order valence-corrected chi connectivity index (χ4v) is 3.26. The molecule has 27 heavy (non-hydrogen) atoms. The van der Waals surface area contributed by atoms with Gasteiger partial charge in [0.05, 0.1) is 0 Å². The minimum absolute atomic E-state index is 0.0960. The summed E-state index contributed by atoms with van der Waals surface area (Å²) in [6, 6.07) is 17.9. The molecule has 0 spiro atoms. The van der Waals surface area contributed by atoms with Crippen LogP contribution in [0.2, 0.25) is 0 Å². The molecule has 2 aromatic heterocycles. The van der Waals surface area contributed by atoms with Crippen LogP contribution in [0.1, 0.15) is 11.1 Å². The number of nitriles is 1. The average Bonchev–Trinajstić information content (AvgIpc) is 3.30. The standard InChI is InChI=1S/C22H18N4O/c23-12-16(11-17-14-26-21-8-4-2-6-19(17)21)22(27)24-10-9-15-13-25-20-7-3-1-5-18(15)20/h1-8,11,13-14,25-26H,9-10H2,(H,24,27). The molecular weight excluding hydrogens is 336 g/mol. The van der Waals surface area contributed by atoms with E-state index >= 15 is 0 Å². The number of fused-ring (bicyclic) bond motifs is 2. The van der Waals surface area contributed by atoms with E-state index in [4.69, 9.17) is 0 Å². The summed E-state index contributed by atoms with van der Waals surface area (Å²) in [5, 5.41) is 14.4. The Morgan fingerprint density at radius 3 is 2.44 bits per heavy atom.